The van der Waals surface area contributed by atoms with Gasteiger partial charge in [-0.15, -0.1) is 0 Å². The first kappa shape index (κ1) is 20.2. The summed E-state index contributed by atoms with van der Waals surface area (Å²) >= 11 is 12.1. The summed E-state index contributed by atoms with van der Waals surface area (Å²) in [6, 6.07) is 6.81. The molecule has 1 aromatic carbocycles. The molecule has 2 heterocycles. The highest BCUT2D eigenvalue weighted by atomic mass is 35.5. The van der Waals surface area contributed by atoms with Gasteiger partial charge in [-0.05, 0) is 42.3 Å². The molecule has 0 saturated heterocycles. The lowest BCUT2D eigenvalue weighted by Gasteiger charge is -2.11. The number of hydrogen-bond acceptors (Lipinski definition) is 4. The molecule has 0 unspecified atom stereocenters. The van der Waals surface area contributed by atoms with Crippen molar-refractivity contribution in [3.05, 3.63) is 74.3 Å². The lowest BCUT2D eigenvalue weighted by Crippen LogP contribution is -2.23. The van der Waals surface area contributed by atoms with Crippen LogP contribution in [0.1, 0.15) is 18.1 Å². The van der Waals surface area contributed by atoms with Crippen LogP contribution in [0.25, 0.3) is 5.82 Å². The third-order valence-corrected chi connectivity index (χ3v) is 4.52. The van der Waals surface area contributed by atoms with Crippen molar-refractivity contribution in [3.8, 4) is 17.3 Å². The Bertz CT molecular complexity index is 1070. The number of hydrogen-bond donors (Lipinski definition) is 0. The molecule has 0 aliphatic rings. The van der Waals surface area contributed by atoms with Crippen LogP contribution in [-0.2, 0) is 12.6 Å². The van der Waals surface area contributed by atoms with E-state index in [1.54, 1.807) is 18.2 Å². The van der Waals surface area contributed by atoms with E-state index in [-0.39, 0.29) is 16.6 Å². The van der Waals surface area contributed by atoms with Crippen LogP contribution < -0.4 is 10.3 Å². The van der Waals surface area contributed by atoms with Gasteiger partial charge in [0.2, 0.25) is 0 Å². The Morgan fingerprint density at radius 3 is 2.50 bits per heavy atom. The van der Waals surface area contributed by atoms with Gasteiger partial charge in [-0.1, -0.05) is 30.1 Å². The van der Waals surface area contributed by atoms with Crippen molar-refractivity contribution in [1.82, 2.24) is 14.8 Å². The molecule has 3 aromatic rings. The predicted molar refractivity (Wildman–Crippen MR) is 98.5 cm³/mol. The summed E-state index contributed by atoms with van der Waals surface area (Å²) < 4.78 is 44.3. The first-order valence-electron chi connectivity index (χ1n) is 7.98. The minimum absolute atomic E-state index is 0.000737. The summed E-state index contributed by atoms with van der Waals surface area (Å²) in [5, 5.41) is 4.18. The third-order valence-electron chi connectivity index (χ3n) is 3.81. The zero-order chi connectivity index (χ0) is 20.5. The number of benzene rings is 1. The van der Waals surface area contributed by atoms with Crippen molar-refractivity contribution in [3.63, 3.8) is 0 Å². The van der Waals surface area contributed by atoms with Crippen molar-refractivity contribution < 1.29 is 17.9 Å². The molecule has 0 fully saturated rings. The van der Waals surface area contributed by atoms with Gasteiger partial charge in [0.15, 0.2) is 16.6 Å². The molecule has 0 atom stereocenters. The molecule has 3 rings (SSSR count). The molecule has 0 saturated carbocycles. The summed E-state index contributed by atoms with van der Waals surface area (Å²) in [4.78, 5) is 16.1. The second-order valence-corrected chi connectivity index (χ2v) is 6.44. The van der Waals surface area contributed by atoms with Crippen LogP contribution in [0, 0.1) is 0 Å². The fraction of sp³-hybridized carbons (Fsp3) is 0.167. The smallest absolute Gasteiger partial charge is 0.417 e. The van der Waals surface area contributed by atoms with Crippen molar-refractivity contribution in [2.75, 3.05) is 0 Å². The molecule has 5 nitrogen and oxygen atoms in total. The topological polar surface area (TPSA) is 57.0 Å². The van der Waals surface area contributed by atoms with Crippen LogP contribution in [-0.4, -0.2) is 14.8 Å². The molecule has 0 amide bonds. The molecule has 0 bridgehead atoms. The zero-order valence-corrected chi connectivity index (χ0v) is 15.8. The number of nitrogens with zero attached hydrogens (tertiary/aromatic N) is 3. The average Bonchev–Trinajstić information content (AvgIpc) is 2.66. The summed E-state index contributed by atoms with van der Waals surface area (Å²) in [6.07, 6.45) is -2.05. The molecule has 0 aliphatic carbocycles. The highest BCUT2D eigenvalue weighted by Gasteiger charge is 2.30. The Hall–Kier alpha value is -2.58. The second kappa shape index (κ2) is 7.81. The van der Waals surface area contributed by atoms with Crippen LogP contribution in [0.3, 0.4) is 0 Å². The van der Waals surface area contributed by atoms with Gasteiger partial charge in [0.25, 0.3) is 5.56 Å². The number of ether oxygens (including phenoxy) is 1. The summed E-state index contributed by atoms with van der Waals surface area (Å²) in [5.41, 5.74) is -0.869. The van der Waals surface area contributed by atoms with E-state index < -0.39 is 17.3 Å². The van der Waals surface area contributed by atoms with Gasteiger partial charge in [-0.2, -0.15) is 23.0 Å². The van der Waals surface area contributed by atoms with Crippen molar-refractivity contribution in [2.24, 2.45) is 0 Å². The monoisotopic (exact) mass is 429 g/mol. The SMILES string of the molecule is CCc1cc(Oc2cnn(-c3ccc(C(F)(F)F)cn3)c(=O)c2Cl)ccc1Cl. The van der Waals surface area contributed by atoms with E-state index in [2.05, 4.69) is 10.1 Å². The van der Waals surface area contributed by atoms with Crippen LogP contribution in [0.4, 0.5) is 13.2 Å². The Kier molecular flexibility index (Phi) is 5.62. The first-order chi connectivity index (χ1) is 13.2. The Morgan fingerprint density at radius 1 is 1.14 bits per heavy atom. The number of alkyl halides is 3. The van der Waals surface area contributed by atoms with Crippen molar-refractivity contribution in [2.45, 2.75) is 19.5 Å². The number of aryl methyl sites for hydroxylation is 1. The number of rotatable bonds is 4. The predicted octanol–water partition coefficient (Wildman–Crippen LogP) is 5.31. The lowest BCUT2D eigenvalue weighted by atomic mass is 10.1. The Labute approximate surface area is 167 Å². The summed E-state index contributed by atoms with van der Waals surface area (Å²) in [6.45, 7) is 1.93. The van der Waals surface area contributed by atoms with E-state index in [1.165, 1.54) is 6.20 Å². The van der Waals surface area contributed by atoms with Gasteiger partial charge in [0, 0.05) is 11.2 Å². The fourth-order valence-electron chi connectivity index (χ4n) is 2.34. The van der Waals surface area contributed by atoms with Crippen molar-refractivity contribution in [1.29, 1.82) is 0 Å². The van der Waals surface area contributed by atoms with E-state index in [4.69, 9.17) is 27.9 Å². The summed E-state index contributed by atoms with van der Waals surface area (Å²) in [5.74, 6) is 0.306. The van der Waals surface area contributed by atoms with Gasteiger partial charge in [-0.25, -0.2) is 4.98 Å². The quantitative estimate of drug-likeness (QED) is 0.563. The van der Waals surface area contributed by atoms with Crippen LogP contribution >= 0.6 is 23.2 Å². The number of halogens is 5. The van der Waals surface area contributed by atoms with Gasteiger partial charge in [0.1, 0.15) is 5.75 Å². The molecule has 28 heavy (non-hydrogen) atoms. The average molecular weight is 430 g/mol. The standard InChI is InChI=1S/C18H12Cl2F3N3O2/c1-2-10-7-12(4-5-13(10)19)28-14-9-25-26(17(27)16(14)20)15-6-3-11(8-24-15)18(21,22)23/h3-9H,2H2,1H3. The normalized spacial score (nSPS) is 11.5. The maximum absolute atomic E-state index is 12.6. The number of aromatic nitrogens is 3. The minimum atomic E-state index is -4.53. The van der Waals surface area contributed by atoms with E-state index in [9.17, 15) is 18.0 Å². The molecule has 10 heteroatoms. The maximum atomic E-state index is 12.6. The lowest BCUT2D eigenvalue weighted by molar-refractivity contribution is -0.137. The molecular formula is C18H12Cl2F3N3O2. The minimum Gasteiger partial charge on any atom is -0.454 e. The highest BCUT2D eigenvalue weighted by Crippen LogP contribution is 2.30. The van der Waals surface area contributed by atoms with Gasteiger partial charge in [0.05, 0.1) is 11.8 Å². The molecular weight excluding hydrogens is 418 g/mol. The van der Waals surface area contributed by atoms with Gasteiger partial charge < -0.3 is 4.74 Å². The summed E-state index contributed by atoms with van der Waals surface area (Å²) in [7, 11) is 0. The maximum Gasteiger partial charge on any atom is 0.417 e. The molecule has 0 spiro atoms. The zero-order valence-electron chi connectivity index (χ0n) is 14.3. The molecule has 0 aliphatic heterocycles. The second-order valence-electron chi connectivity index (χ2n) is 5.65. The van der Waals surface area contributed by atoms with Gasteiger partial charge >= 0.3 is 6.18 Å². The van der Waals surface area contributed by atoms with Gasteiger partial charge in [-0.3, -0.25) is 4.79 Å². The van der Waals surface area contributed by atoms with Crippen LogP contribution in [0.2, 0.25) is 10.0 Å². The van der Waals surface area contributed by atoms with E-state index in [1.807, 2.05) is 6.92 Å². The fourth-order valence-corrected chi connectivity index (χ4v) is 2.76. The van der Waals surface area contributed by atoms with E-state index in [0.29, 0.717) is 23.4 Å². The number of pyridine rings is 1. The molecule has 0 N–H and O–H groups in total. The molecule has 2 aromatic heterocycles. The van der Waals surface area contributed by atoms with Crippen LogP contribution in [0.5, 0.6) is 11.5 Å². The third kappa shape index (κ3) is 4.13. The van der Waals surface area contributed by atoms with Crippen molar-refractivity contribution >= 4 is 23.2 Å². The van der Waals surface area contributed by atoms with Crippen LogP contribution in [0.15, 0.2) is 47.5 Å². The largest absolute Gasteiger partial charge is 0.454 e. The molecule has 146 valence electrons. The highest BCUT2D eigenvalue weighted by molar-refractivity contribution is 6.32. The first-order valence-corrected chi connectivity index (χ1v) is 8.74. The van der Waals surface area contributed by atoms with E-state index in [0.717, 1.165) is 22.4 Å². The van der Waals surface area contributed by atoms with E-state index >= 15 is 0 Å². The molecule has 0 radical (unpaired) electrons. The Balaban J connectivity index is 1.92. The Morgan fingerprint density at radius 2 is 1.89 bits per heavy atom.